The summed E-state index contributed by atoms with van der Waals surface area (Å²) in [7, 11) is 0. The summed E-state index contributed by atoms with van der Waals surface area (Å²) in [6.45, 7) is 9.70. The van der Waals surface area contributed by atoms with Crippen molar-refractivity contribution in [2.45, 2.75) is 66.3 Å². The van der Waals surface area contributed by atoms with Crippen LogP contribution in [-0.4, -0.2) is 23.0 Å². The van der Waals surface area contributed by atoms with Gasteiger partial charge in [0.1, 0.15) is 6.04 Å². The monoisotopic (exact) mass is 269 g/mol. The number of carbonyl (C=O) groups is 2. The van der Waals surface area contributed by atoms with Crippen LogP contribution in [0.25, 0.3) is 0 Å². The number of hydrogen-bond acceptors (Lipinski definition) is 2. The summed E-state index contributed by atoms with van der Waals surface area (Å²) in [5.74, 6) is -1.15. The number of carbonyl (C=O) groups excluding carboxylic acids is 1. The SMILES string of the molecule is CC1(C)CCCCC1C(=O)N[C@H](C(=O)O)C(C)(C)C. The van der Waals surface area contributed by atoms with Gasteiger partial charge in [-0.15, -0.1) is 0 Å². The number of carboxylic acid groups (broad SMARTS) is 1. The Morgan fingerprint density at radius 2 is 1.84 bits per heavy atom. The molecule has 0 spiro atoms. The normalized spacial score (nSPS) is 24.6. The minimum atomic E-state index is -0.963. The number of carboxylic acids is 1. The largest absolute Gasteiger partial charge is 0.480 e. The Labute approximate surface area is 116 Å². The molecule has 1 saturated carbocycles. The molecule has 1 unspecified atom stereocenters. The fourth-order valence-corrected chi connectivity index (χ4v) is 2.87. The van der Waals surface area contributed by atoms with Crippen molar-refractivity contribution in [2.24, 2.45) is 16.7 Å². The number of aliphatic carboxylic acids is 1. The van der Waals surface area contributed by atoms with Crippen molar-refractivity contribution in [2.75, 3.05) is 0 Å². The van der Waals surface area contributed by atoms with Gasteiger partial charge in [-0.25, -0.2) is 4.79 Å². The lowest BCUT2D eigenvalue weighted by atomic mass is 9.68. The molecule has 110 valence electrons. The molecule has 1 rings (SSSR count). The third-order valence-corrected chi connectivity index (χ3v) is 4.22. The van der Waals surface area contributed by atoms with E-state index in [0.29, 0.717) is 0 Å². The maximum atomic E-state index is 12.4. The van der Waals surface area contributed by atoms with Gasteiger partial charge in [0.2, 0.25) is 5.91 Å². The summed E-state index contributed by atoms with van der Waals surface area (Å²) in [5, 5.41) is 12.0. The van der Waals surface area contributed by atoms with Gasteiger partial charge in [0.25, 0.3) is 0 Å². The fraction of sp³-hybridized carbons (Fsp3) is 0.867. The van der Waals surface area contributed by atoms with Crippen molar-refractivity contribution in [1.29, 1.82) is 0 Å². The molecule has 0 bridgehead atoms. The molecule has 0 aromatic carbocycles. The average molecular weight is 269 g/mol. The maximum absolute atomic E-state index is 12.4. The van der Waals surface area contributed by atoms with Gasteiger partial charge in [0.15, 0.2) is 0 Å². The lowest BCUT2D eigenvalue weighted by molar-refractivity contribution is -0.146. The average Bonchev–Trinajstić information content (AvgIpc) is 2.22. The van der Waals surface area contributed by atoms with E-state index in [0.717, 1.165) is 25.7 Å². The Morgan fingerprint density at radius 1 is 1.26 bits per heavy atom. The van der Waals surface area contributed by atoms with Gasteiger partial charge in [-0.2, -0.15) is 0 Å². The fourth-order valence-electron chi connectivity index (χ4n) is 2.87. The lowest BCUT2D eigenvalue weighted by Gasteiger charge is -2.39. The van der Waals surface area contributed by atoms with E-state index in [-0.39, 0.29) is 17.2 Å². The van der Waals surface area contributed by atoms with E-state index in [9.17, 15) is 14.7 Å². The second kappa shape index (κ2) is 5.51. The zero-order chi connectivity index (χ0) is 14.8. The molecule has 1 aliphatic rings. The minimum Gasteiger partial charge on any atom is -0.480 e. The smallest absolute Gasteiger partial charge is 0.326 e. The van der Waals surface area contributed by atoms with Crippen LogP contribution in [0.15, 0.2) is 0 Å². The predicted octanol–water partition coefficient (Wildman–Crippen LogP) is 2.82. The van der Waals surface area contributed by atoms with Gasteiger partial charge in [0, 0.05) is 5.92 Å². The van der Waals surface area contributed by atoms with Crippen LogP contribution in [0.5, 0.6) is 0 Å². The van der Waals surface area contributed by atoms with Crippen LogP contribution in [0.2, 0.25) is 0 Å². The molecule has 1 amide bonds. The first-order valence-corrected chi connectivity index (χ1v) is 7.09. The highest BCUT2D eigenvalue weighted by Gasteiger charge is 2.40. The quantitative estimate of drug-likeness (QED) is 0.828. The standard InChI is InChI=1S/C15H27NO3/c1-14(2,3)11(13(18)19)16-12(17)10-8-6-7-9-15(10,4)5/h10-11H,6-9H2,1-5H3,(H,16,17)(H,18,19)/t10?,11-/m1/s1. The van der Waals surface area contributed by atoms with Crippen LogP contribution >= 0.6 is 0 Å². The van der Waals surface area contributed by atoms with Crippen LogP contribution < -0.4 is 5.32 Å². The molecule has 0 aromatic heterocycles. The molecule has 19 heavy (non-hydrogen) atoms. The molecule has 2 N–H and O–H groups in total. The first-order valence-electron chi connectivity index (χ1n) is 7.09. The maximum Gasteiger partial charge on any atom is 0.326 e. The second-order valence-electron chi connectivity index (χ2n) is 7.43. The Bertz CT molecular complexity index is 355. The Morgan fingerprint density at radius 3 is 2.26 bits per heavy atom. The second-order valence-corrected chi connectivity index (χ2v) is 7.43. The van der Waals surface area contributed by atoms with Gasteiger partial charge >= 0.3 is 5.97 Å². The first-order chi connectivity index (χ1) is 8.55. The Hall–Kier alpha value is -1.06. The Balaban J connectivity index is 2.80. The van der Waals surface area contributed by atoms with E-state index < -0.39 is 17.4 Å². The molecule has 4 heteroatoms. The summed E-state index contributed by atoms with van der Waals surface area (Å²) in [6, 6.07) is -0.835. The number of amides is 1. The highest BCUT2D eigenvalue weighted by molar-refractivity contribution is 5.86. The van der Waals surface area contributed by atoms with Gasteiger partial charge in [0.05, 0.1) is 0 Å². The number of nitrogens with one attached hydrogen (secondary N) is 1. The summed E-state index contributed by atoms with van der Waals surface area (Å²) in [5.41, 5.74) is -0.524. The van der Waals surface area contributed by atoms with Crippen molar-refractivity contribution >= 4 is 11.9 Å². The highest BCUT2D eigenvalue weighted by Crippen LogP contribution is 2.40. The van der Waals surface area contributed by atoms with Crippen molar-refractivity contribution in [1.82, 2.24) is 5.32 Å². The molecule has 1 aliphatic carbocycles. The van der Waals surface area contributed by atoms with Crippen LogP contribution in [0.4, 0.5) is 0 Å². The zero-order valence-electron chi connectivity index (χ0n) is 12.7. The summed E-state index contributed by atoms with van der Waals surface area (Å²) in [6.07, 6.45) is 4.08. The zero-order valence-corrected chi connectivity index (χ0v) is 12.7. The molecule has 0 heterocycles. The van der Waals surface area contributed by atoms with E-state index in [1.165, 1.54) is 0 Å². The van der Waals surface area contributed by atoms with Gasteiger partial charge in [-0.05, 0) is 23.7 Å². The molecule has 0 radical (unpaired) electrons. The molecule has 4 nitrogen and oxygen atoms in total. The third kappa shape index (κ3) is 3.95. The van der Waals surface area contributed by atoms with Gasteiger partial charge in [-0.1, -0.05) is 47.5 Å². The first kappa shape index (κ1) is 16.0. The van der Waals surface area contributed by atoms with Gasteiger partial charge in [-0.3, -0.25) is 4.79 Å². The van der Waals surface area contributed by atoms with Crippen molar-refractivity contribution in [3.63, 3.8) is 0 Å². The summed E-state index contributed by atoms with van der Waals surface area (Å²) < 4.78 is 0. The third-order valence-electron chi connectivity index (χ3n) is 4.22. The van der Waals surface area contributed by atoms with Gasteiger partial charge < -0.3 is 10.4 Å². The molecule has 0 aliphatic heterocycles. The van der Waals surface area contributed by atoms with Crippen molar-refractivity contribution < 1.29 is 14.7 Å². The lowest BCUT2D eigenvalue weighted by Crippen LogP contribution is -2.53. The van der Waals surface area contributed by atoms with E-state index in [2.05, 4.69) is 19.2 Å². The Kier molecular flexibility index (Phi) is 4.64. The van der Waals surface area contributed by atoms with Crippen molar-refractivity contribution in [3.8, 4) is 0 Å². The van der Waals surface area contributed by atoms with Crippen LogP contribution in [-0.2, 0) is 9.59 Å². The van der Waals surface area contributed by atoms with E-state index in [1.807, 2.05) is 20.8 Å². The van der Waals surface area contributed by atoms with Crippen LogP contribution in [0, 0.1) is 16.7 Å². The predicted molar refractivity (Wildman–Crippen MR) is 74.8 cm³/mol. The number of rotatable bonds is 3. The molecular formula is C15H27NO3. The van der Waals surface area contributed by atoms with E-state index >= 15 is 0 Å². The molecule has 2 atom stereocenters. The van der Waals surface area contributed by atoms with Crippen LogP contribution in [0.3, 0.4) is 0 Å². The van der Waals surface area contributed by atoms with E-state index in [4.69, 9.17) is 0 Å². The topological polar surface area (TPSA) is 66.4 Å². The molecule has 0 saturated heterocycles. The molecular weight excluding hydrogens is 242 g/mol. The van der Waals surface area contributed by atoms with Crippen LogP contribution in [0.1, 0.15) is 60.3 Å². The van der Waals surface area contributed by atoms with E-state index in [1.54, 1.807) is 0 Å². The summed E-state index contributed by atoms with van der Waals surface area (Å²) in [4.78, 5) is 23.7. The molecule has 1 fully saturated rings. The molecule has 0 aromatic rings. The summed E-state index contributed by atoms with van der Waals surface area (Å²) >= 11 is 0. The minimum absolute atomic E-state index is 0.0384. The highest BCUT2D eigenvalue weighted by atomic mass is 16.4. The number of hydrogen-bond donors (Lipinski definition) is 2. The van der Waals surface area contributed by atoms with Crippen molar-refractivity contribution in [3.05, 3.63) is 0 Å².